The average molecular weight is 288 g/mol. The number of carboxylic acid groups (broad SMARTS) is 4. The second kappa shape index (κ2) is 8.68. The highest BCUT2D eigenvalue weighted by atomic mass is 16.4. The van der Waals surface area contributed by atoms with Crippen molar-refractivity contribution in [2.45, 2.75) is 32.1 Å². The molecule has 0 amide bonds. The molecule has 0 aromatic rings. The lowest BCUT2D eigenvalue weighted by Crippen LogP contribution is -2.17. The molecule has 0 heterocycles. The molecule has 8 heteroatoms. The molecule has 0 aliphatic heterocycles. The molecule has 0 rings (SSSR count). The lowest BCUT2D eigenvalue weighted by Gasteiger charge is -2.09. The third-order valence-electron chi connectivity index (χ3n) is 2.59. The molecular formula is C12H16O8. The van der Waals surface area contributed by atoms with Gasteiger partial charge in [0.15, 0.2) is 0 Å². The minimum atomic E-state index is -1.36. The van der Waals surface area contributed by atoms with E-state index in [0.29, 0.717) is 12.5 Å². The molecule has 0 aliphatic rings. The van der Waals surface area contributed by atoms with Gasteiger partial charge in [-0.15, -0.1) is 0 Å². The van der Waals surface area contributed by atoms with Gasteiger partial charge in [-0.05, 0) is 19.3 Å². The summed E-state index contributed by atoms with van der Waals surface area (Å²) in [6.45, 7) is 0. The predicted molar refractivity (Wildman–Crippen MR) is 65.2 cm³/mol. The Bertz CT molecular complexity index is 423. The van der Waals surface area contributed by atoms with Crippen LogP contribution in [-0.2, 0) is 19.2 Å². The van der Waals surface area contributed by atoms with Crippen LogP contribution < -0.4 is 0 Å². The number of rotatable bonds is 10. The normalized spacial score (nSPS) is 12.7. The molecule has 0 aromatic heterocycles. The highest BCUT2D eigenvalue weighted by Crippen LogP contribution is 2.16. The summed E-state index contributed by atoms with van der Waals surface area (Å²) < 4.78 is 0. The number of hydrogen-bond donors (Lipinski definition) is 4. The monoisotopic (exact) mass is 288 g/mol. The number of carbonyl (C=O) groups is 4. The predicted octanol–water partition coefficient (Wildman–Crippen LogP) is 0.818. The van der Waals surface area contributed by atoms with Crippen LogP contribution in [0.2, 0.25) is 0 Å². The van der Waals surface area contributed by atoms with Gasteiger partial charge in [-0.25, -0.2) is 9.59 Å². The van der Waals surface area contributed by atoms with Gasteiger partial charge >= 0.3 is 23.9 Å². The first-order valence-corrected chi connectivity index (χ1v) is 5.85. The fourth-order valence-electron chi connectivity index (χ4n) is 1.62. The van der Waals surface area contributed by atoms with Crippen LogP contribution in [0.3, 0.4) is 0 Å². The van der Waals surface area contributed by atoms with Crippen molar-refractivity contribution in [3.8, 4) is 0 Å². The molecule has 1 unspecified atom stereocenters. The van der Waals surface area contributed by atoms with Crippen molar-refractivity contribution in [3.63, 3.8) is 0 Å². The van der Waals surface area contributed by atoms with Gasteiger partial charge < -0.3 is 20.4 Å². The van der Waals surface area contributed by atoms with E-state index in [2.05, 4.69) is 0 Å². The third kappa shape index (κ3) is 7.85. The molecule has 8 nitrogen and oxygen atoms in total. The van der Waals surface area contributed by atoms with E-state index in [1.54, 1.807) is 0 Å². The van der Waals surface area contributed by atoms with Crippen molar-refractivity contribution < 1.29 is 39.6 Å². The molecule has 20 heavy (non-hydrogen) atoms. The number of aliphatic carboxylic acids is 4. The van der Waals surface area contributed by atoms with E-state index in [1.807, 2.05) is 0 Å². The summed E-state index contributed by atoms with van der Waals surface area (Å²) in [5.74, 6) is -6.16. The Kier molecular flexibility index (Phi) is 7.64. The Morgan fingerprint density at radius 1 is 0.950 bits per heavy atom. The van der Waals surface area contributed by atoms with E-state index < -0.39 is 36.2 Å². The van der Waals surface area contributed by atoms with E-state index in [0.717, 1.165) is 0 Å². The fraction of sp³-hybridized carbons (Fsp3) is 0.500. The number of unbranched alkanes of at least 4 members (excludes halogenated alkanes) is 1. The van der Waals surface area contributed by atoms with Crippen molar-refractivity contribution >= 4 is 23.9 Å². The lowest BCUT2D eigenvalue weighted by molar-refractivity contribution is -0.148. The van der Waals surface area contributed by atoms with E-state index >= 15 is 0 Å². The molecule has 0 saturated heterocycles. The van der Waals surface area contributed by atoms with Crippen LogP contribution in [-0.4, -0.2) is 44.3 Å². The quantitative estimate of drug-likeness (QED) is 0.341. The van der Waals surface area contributed by atoms with Crippen LogP contribution in [0.25, 0.3) is 0 Å². The first-order chi connectivity index (χ1) is 9.23. The van der Waals surface area contributed by atoms with Crippen LogP contribution in [0.1, 0.15) is 32.1 Å². The molecule has 112 valence electrons. The van der Waals surface area contributed by atoms with Crippen LogP contribution in [0.15, 0.2) is 11.6 Å². The van der Waals surface area contributed by atoms with Crippen LogP contribution >= 0.6 is 0 Å². The van der Waals surface area contributed by atoms with Gasteiger partial charge in [-0.2, -0.15) is 0 Å². The highest BCUT2D eigenvalue weighted by Gasteiger charge is 2.20. The van der Waals surface area contributed by atoms with Gasteiger partial charge in [-0.3, -0.25) is 9.59 Å². The van der Waals surface area contributed by atoms with E-state index in [1.165, 1.54) is 0 Å². The largest absolute Gasteiger partial charge is 0.481 e. The Labute approximate surface area is 114 Å². The SMILES string of the molecule is O=C(O)C=C(CCCCC(CC(=O)O)C(=O)O)C(=O)O. The molecule has 0 spiro atoms. The zero-order valence-corrected chi connectivity index (χ0v) is 10.6. The highest BCUT2D eigenvalue weighted by molar-refractivity contribution is 5.94. The zero-order chi connectivity index (χ0) is 15.7. The van der Waals surface area contributed by atoms with Gasteiger partial charge in [0.25, 0.3) is 0 Å². The molecule has 0 aromatic carbocycles. The Morgan fingerprint density at radius 3 is 1.95 bits per heavy atom. The maximum atomic E-state index is 10.8. The Hall–Kier alpha value is -2.38. The summed E-state index contributed by atoms with van der Waals surface area (Å²) in [4.78, 5) is 42.3. The smallest absolute Gasteiger partial charge is 0.331 e. The van der Waals surface area contributed by atoms with Crippen molar-refractivity contribution in [1.29, 1.82) is 0 Å². The fourth-order valence-corrected chi connectivity index (χ4v) is 1.62. The summed E-state index contributed by atoms with van der Waals surface area (Å²) in [5, 5.41) is 34.5. The molecular weight excluding hydrogens is 272 g/mol. The first-order valence-electron chi connectivity index (χ1n) is 5.85. The van der Waals surface area contributed by atoms with Gasteiger partial charge in [0, 0.05) is 11.6 Å². The zero-order valence-electron chi connectivity index (χ0n) is 10.6. The standard InChI is InChI=1S/C12H16O8/c13-9(14)5-7(11(17)18)3-1-2-4-8(12(19)20)6-10(15)16/h5,8H,1-4,6H2,(H,13,14)(H,15,16)(H,17,18)(H,19,20). The van der Waals surface area contributed by atoms with E-state index in [4.69, 9.17) is 20.4 Å². The van der Waals surface area contributed by atoms with E-state index in [-0.39, 0.29) is 24.8 Å². The van der Waals surface area contributed by atoms with Crippen molar-refractivity contribution in [2.24, 2.45) is 5.92 Å². The molecule has 0 aliphatic carbocycles. The topological polar surface area (TPSA) is 149 Å². The van der Waals surface area contributed by atoms with Crippen LogP contribution in [0, 0.1) is 5.92 Å². The second-order valence-corrected chi connectivity index (χ2v) is 4.19. The first kappa shape index (κ1) is 17.6. The van der Waals surface area contributed by atoms with Gasteiger partial charge in [-0.1, -0.05) is 6.42 Å². The Morgan fingerprint density at radius 2 is 1.55 bits per heavy atom. The summed E-state index contributed by atoms with van der Waals surface area (Å²) in [6.07, 6.45) is 0.756. The molecule has 1 atom stereocenters. The molecule has 0 bridgehead atoms. The molecule has 0 fully saturated rings. The van der Waals surface area contributed by atoms with Gasteiger partial charge in [0.2, 0.25) is 0 Å². The Balaban J connectivity index is 4.28. The minimum absolute atomic E-state index is 0.0129. The minimum Gasteiger partial charge on any atom is -0.481 e. The third-order valence-corrected chi connectivity index (χ3v) is 2.59. The lowest BCUT2D eigenvalue weighted by atomic mass is 9.97. The van der Waals surface area contributed by atoms with Crippen molar-refractivity contribution in [2.75, 3.05) is 0 Å². The summed E-state index contributed by atoms with van der Waals surface area (Å²) in [5.41, 5.74) is -0.275. The van der Waals surface area contributed by atoms with E-state index in [9.17, 15) is 19.2 Å². The summed E-state index contributed by atoms with van der Waals surface area (Å²) >= 11 is 0. The summed E-state index contributed by atoms with van der Waals surface area (Å²) in [7, 11) is 0. The molecule has 0 saturated carbocycles. The summed E-state index contributed by atoms with van der Waals surface area (Å²) in [6, 6.07) is 0. The molecule has 0 radical (unpaired) electrons. The van der Waals surface area contributed by atoms with Gasteiger partial charge in [0.05, 0.1) is 12.3 Å². The molecule has 4 N–H and O–H groups in total. The van der Waals surface area contributed by atoms with Crippen molar-refractivity contribution in [1.82, 2.24) is 0 Å². The number of carboxylic acids is 4. The van der Waals surface area contributed by atoms with Crippen LogP contribution in [0.5, 0.6) is 0 Å². The second-order valence-electron chi connectivity index (χ2n) is 4.19. The number of hydrogen-bond acceptors (Lipinski definition) is 4. The van der Waals surface area contributed by atoms with Gasteiger partial charge in [0.1, 0.15) is 0 Å². The average Bonchev–Trinajstić information content (AvgIpc) is 2.29. The van der Waals surface area contributed by atoms with Crippen molar-refractivity contribution in [3.05, 3.63) is 11.6 Å². The maximum Gasteiger partial charge on any atom is 0.331 e. The van der Waals surface area contributed by atoms with Crippen LogP contribution in [0.4, 0.5) is 0 Å². The maximum absolute atomic E-state index is 10.8.